The lowest BCUT2D eigenvalue weighted by Gasteiger charge is -2.44. The molecular formula is C25H29FN4O5S. The average Bonchev–Trinajstić information content (AvgIpc) is 3.52. The zero-order valence-corrected chi connectivity index (χ0v) is 21.0. The second-order valence-electron chi connectivity index (χ2n) is 10.4. The Hall–Kier alpha value is -2.60. The Morgan fingerprint density at radius 2 is 2.11 bits per heavy atom. The van der Waals surface area contributed by atoms with Gasteiger partial charge in [-0.2, -0.15) is 0 Å². The van der Waals surface area contributed by atoms with Gasteiger partial charge >= 0.3 is 0 Å². The molecule has 1 aliphatic carbocycles. The molecule has 5 heterocycles. The summed E-state index contributed by atoms with van der Waals surface area (Å²) < 4.78 is 43.7. The molecule has 9 nitrogen and oxygen atoms in total. The molecule has 1 aromatic carbocycles. The van der Waals surface area contributed by atoms with Crippen LogP contribution in [0.2, 0.25) is 0 Å². The largest absolute Gasteiger partial charge is 0.593 e. The van der Waals surface area contributed by atoms with Crippen LogP contribution in [-0.4, -0.2) is 63.8 Å². The van der Waals surface area contributed by atoms with E-state index in [0.29, 0.717) is 48.2 Å². The Bertz CT molecular complexity index is 1220. The van der Waals surface area contributed by atoms with Gasteiger partial charge in [0.25, 0.3) is 11.8 Å². The van der Waals surface area contributed by atoms with Crippen molar-refractivity contribution in [2.45, 2.75) is 42.7 Å². The summed E-state index contributed by atoms with van der Waals surface area (Å²) in [6, 6.07) is 4.26. The summed E-state index contributed by atoms with van der Waals surface area (Å²) in [4.78, 5) is 28.7. The van der Waals surface area contributed by atoms with Crippen molar-refractivity contribution in [3.63, 3.8) is 0 Å². The topological polar surface area (TPSA) is 108 Å². The zero-order chi connectivity index (χ0) is 25.2. The van der Waals surface area contributed by atoms with Gasteiger partial charge in [-0.25, -0.2) is 4.39 Å². The number of aryl methyl sites for hydroxylation is 2. The van der Waals surface area contributed by atoms with Crippen molar-refractivity contribution in [3.05, 3.63) is 41.5 Å². The molecule has 0 radical (unpaired) electrons. The SMILES string of the molecule is Cc1cc(NC(=O)c2c3c(cn2C)[S+]([O-])NC2CCN(C(=O)C45CC(CO4)C5)CC2CO3)ccc1F. The van der Waals surface area contributed by atoms with E-state index in [2.05, 4.69) is 10.0 Å². The molecule has 1 saturated carbocycles. The third kappa shape index (κ3) is 3.89. The number of anilines is 1. The maximum Gasteiger partial charge on any atom is 0.276 e. The number of rotatable bonds is 3. The van der Waals surface area contributed by atoms with E-state index in [1.54, 1.807) is 30.8 Å². The smallest absolute Gasteiger partial charge is 0.276 e. The molecule has 192 valence electrons. The standard InChI is InChI=1S/C25H29FN4O5S/c1-14-7-17(3-4-18(14)26)27-23(31)21-22-20(11-29(21)2)36(33)28-19-5-6-30(10-16(19)13-34-22)24(32)25-8-15(9-25)12-35-25/h3-4,7,11,15-16,19,28H,5-6,8-10,12-13H2,1-2H3,(H,27,31). The molecule has 3 atom stereocenters. The molecule has 4 fully saturated rings. The van der Waals surface area contributed by atoms with Gasteiger partial charge in [-0.05, 0) is 55.9 Å². The Morgan fingerprint density at radius 3 is 2.83 bits per heavy atom. The third-order valence-corrected chi connectivity index (χ3v) is 9.08. The van der Waals surface area contributed by atoms with E-state index in [4.69, 9.17) is 9.47 Å². The summed E-state index contributed by atoms with van der Waals surface area (Å²) in [6.45, 7) is 3.60. The van der Waals surface area contributed by atoms with Crippen LogP contribution in [0.15, 0.2) is 29.3 Å². The van der Waals surface area contributed by atoms with E-state index in [0.717, 1.165) is 12.8 Å². The highest BCUT2D eigenvalue weighted by Gasteiger charge is 2.59. The van der Waals surface area contributed by atoms with Crippen LogP contribution < -0.4 is 14.8 Å². The van der Waals surface area contributed by atoms with Gasteiger partial charge in [0, 0.05) is 31.7 Å². The van der Waals surface area contributed by atoms with E-state index < -0.39 is 22.9 Å². The van der Waals surface area contributed by atoms with Gasteiger partial charge in [0.2, 0.25) is 10.6 Å². The number of benzene rings is 1. The number of ether oxygens (including phenoxy) is 2. The predicted molar refractivity (Wildman–Crippen MR) is 129 cm³/mol. The number of piperidine rings is 1. The number of hydrogen-bond acceptors (Lipinski definition) is 6. The molecular weight excluding hydrogens is 487 g/mol. The van der Waals surface area contributed by atoms with E-state index in [-0.39, 0.29) is 41.7 Å². The highest BCUT2D eigenvalue weighted by molar-refractivity contribution is 7.89. The van der Waals surface area contributed by atoms with Crippen LogP contribution in [0.3, 0.4) is 0 Å². The molecule has 4 aliphatic heterocycles. The Kier molecular flexibility index (Phi) is 5.78. The summed E-state index contributed by atoms with van der Waals surface area (Å²) in [5.41, 5.74) is 0.446. The Morgan fingerprint density at radius 1 is 1.31 bits per heavy atom. The molecule has 2 aromatic rings. The first-order chi connectivity index (χ1) is 17.2. The lowest BCUT2D eigenvalue weighted by molar-refractivity contribution is -0.157. The summed E-state index contributed by atoms with van der Waals surface area (Å²) in [5, 5.41) is 2.78. The van der Waals surface area contributed by atoms with Crippen LogP contribution in [0, 0.1) is 24.6 Å². The number of hydrogen-bond donors (Lipinski definition) is 2. The number of carbonyl (C=O) groups excluding carboxylic acids is 2. The van der Waals surface area contributed by atoms with Crippen molar-refractivity contribution >= 4 is 28.9 Å². The number of fused-ring (bicyclic) bond motifs is 3. The highest BCUT2D eigenvalue weighted by atomic mass is 32.2. The van der Waals surface area contributed by atoms with Crippen LogP contribution in [0.1, 0.15) is 35.3 Å². The second kappa shape index (κ2) is 8.76. The minimum Gasteiger partial charge on any atom is -0.593 e. The Balaban J connectivity index is 1.21. The average molecular weight is 517 g/mol. The zero-order valence-electron chi connectivity index (χ0n) is 20.2. The quantitative estimate of drug-likeness (QED) is 0.606. The molecule has 2 N–H and O–H groups in total. The lowest BCUT2D eigenvalue weighted by Crippen LogP contribution is -2.60. The van der Waals surface area contributed by atoms with Gasteiger partial charge in [-0.3, -0.25) is 9.59 Å². The van der Waals surface area contributed by atoms with Crippen LogP contribution >= 0.6 is 0 Å². The summed E-state index contributed by atoms with van der Waals surface area (Å²) in [6.07, 6.45) is 3.89. The van der Waals surface area contributed by atoms with Gasteiger partial charge in [0.15, 0.2) is 5.69 Å². The first-order valence-electron chi connectivity index (χ1n) is 12.2. The number of nitrogens with zero attached hydrogens (tertiary/aromatic N) is 2. The first kappa shape index (κ1) is 23.8. The highest BCUT2D eigenvalue weighted by Crippen LogP contribution is 2.49. The van der Waals surface area contributed by atoms with Crippen molar-refractivity contribution in [2.24, 2.45) is 18.9 Å². The van der Waals surface area contributed by atoms with Crippen LogP contribution in [0.5, 0.6) is 5.75 Å². The van der Waals surface area contributed by atoms with Crippen molar-refractivity contribution in [2.75, 3.05) is 31.6 Å². The molecule has 1 aromatic heterocycles. The van der Waals surface area contributed by atoms with Crippen LogP contribution in [0.25, 0.3) is 0 Å². The monoisotopic (exact) mass is 516 g/mol. The molecule has 11 heteroatoms. The molecule has 7 rings (SSSR count). The van der Waals surface area contributed by atoms with Crippen molar-refractivity contribution in [3.8, 4) is 5.75 Å². The second-order valence-corrected chi connectivity index (χ2v) is 11.6. The minimum atomic E-state index is -1.60. The fraction of sp³-hybridized carbons (Fsp3) is 0.520. The predicted octanol–water partition coefficient (Wildman–Crippen LogP) is 2.13. The van der Waals surface area contributed by atoms with Gasteiger partial charge in [-0.1, -0.05) is 0 Å². The molecule has 3 unspecified atom stereocenters. The fourth-order valence-corrected chi connectivity index (χ4v) is 7.16. The van der Waals surface area contributed by atoms with E-state index in [9.17, 15) is 18.5 Å². The van der Waals surface area contributed by atoms with Gasteiger partial charge < -0.3 is 28.8 Å². The number of aromatic nitrogens is 1. The minimum absolute atomic E-state index is 0.0490. The number of amides is 2. The van der Waals surface area contributed by atoms with Gasteiger partial charge in [0.1, 0.15) is 11.4 Å². The molecule has 2 bridgehead atoms. The van der Waals surface area contributed by atoms with Crippen LogP contribution in [-0.2, 0) is 27.9 Å². The lowest BCUT2D eigenvalue weighted by atomic mass is 9.73. The molecule has 0 spiro atoms. The molecule has 3 saturated heterocycles. The molecule has 36 heavy (non-hydrogen) atoms. The summed E-state index contributed by atoms with van der Waals surface area (Å²) in [5.74, 6) is -0.0949. The molecule has 5 aliphatic rings. The third-order valence-electron chi connectivity index (χ3n) is 7.88. The first-order valence-corrected chi connectivity index (χ1v) is 13.4. The Labute approximate surface area is 211 Å². The van der Waals surface area contributed by atoms with Crippen molar-refractivity contribution in [1.82, 2.24) is 14.2 Å². The number of carbonyl (C=O) groups is 2. The maximum absolute atomic E-state index is 13.6. The van der Waals surface area contributed by atoms with E-state index in [1.807, 2.05) is 4.90 Å². The fourth-order valence-electron chi connectivity index (χ4n) is 5.87. The number of nitrogens with one attached hydrogen (secondary N) is 2. The van der Waals surface area contributed by atoms with Crippen molar-refractivity contribution in [1.29, 1.82) is 0 Å². The van der Waals surface area contributed by atoms with Gasteiger partial charge in [0.05, 0.1) is 36.8 Å². The van der Waals surface area contributed by atoms with Gasteiger partial charge in [-0.15, -0.1) is 4.72 Å². The maximum atomic E-state index is 13.6. The van der Waals surface area contributed by atoms with Crippen molar-refractivity contribution < 1.29 is 28.0 Å². The van der Waals surface area contributed by atoms with Crippen LogP contribution in [0.4, 0.5) is 10.1 Å². The van der Waals surface area contributed by atoms with E-state index in [1.165, 1.54) is 12.1 Å². The molecule has 2 amide bonds. The number of halogens is 1. The van der Waals surface area contributed by atoms with E-state index >= 15 is 0 Å². The number of likely N-dealkylation sites (tertiary alicyclic amines) is 1. The summed E-state index contributed by atoms with van der Waals surface area (Å²) in [7, 11) is 1.69. The normalized spacial score (nSPS) is 30.8. The summed E-state index contributed by atoms with van der Waals surface area (Å²) >= 11 is -1.60.